The lowest BCUT2D eigenvalue weighted by Gasteiger charge is -2.41. The highest BCUT2D eigenvalue weighted by Crippen LogP contribution is 2.49. The van der Waals surface area contributed by atoms with Gasteiger partial charge in [-0.05, 0) is 24.0 Å². The summed E-state index contributed by atoms with van der Waals surface area (Å²) in [6, 6.07) is 16.0. The average molecular weight is 510 g/mol. The minimum atomic E-state index is -2.07. The largest absolute Gasteiger partial charge is 0.469 e. The van der Waals surface area contributed by atoms with Crippen LogP contribution in [0.25, 0.3) is 0 Å². The molecular weight excluding hydrogens is 478 g/mol. The van der Waals surface area contributed by atoms with E-state index in [-0.39, 0.29) is 12.8 Å². The summed E-state index contributed by atoms with van der Waals surface area (Å²) < 4.78 is 20.9. The van der Waals surface area contributed by atoms with Gasteiger partial charge in [0.05, 0.1) is 33.8 Å². The number of methoxy groups -OCH3 is 3. The Morgan fingerprint density at radius 3 is 1.97 bits per heavy atom. The molecule has 2 aromatic rings. The summed E-state index contributed by atoms with van der Waals surface area (Å²) in [5.41, 5.74) is -0.676. The molecule has 3 rings (SSSR count). The van der Waals surface area contributed by atoms with Crippen LogP contribution in [-0.4, -0.2) is 56.3 Å². The number of carbonyl (C=O) groups excluding carboxylic acids is 4. The van der Waals surface area contributed by atoms with Crippen molar-refractivity contribution in [3.05, 3.63) is 84.4 Å². The number of amides is 1. The van der Waals surface area contributed by atoms with Gasteiger partial charge in [0.1, 0.15) is 6.04 Å². The van der Waals surface area contributed by atoms with Crippen molar-refractivity contribution in [2.24, 2.45) is 5.41 Å². The van der Waals surface area contributed by atoms with Crippen LogP contribution in [-0.2, 0) is 33.3 Å². The van der Waals surface area contributed by atoms with Crippen molar-refractivity contribution in [3.8, 4) is 0 Å². The highest BCUT2D eigenvalue weighted by molar-refractivity contribution is 6.02. The molecule has 0 aromatic heterocycles. The molecule has 0 unspecified atom stereocenters. The maximum absolute atomic E-state index is 13.6. The average Bonchev–Trinajstić information content (AvgIpc) is 3.29. The number of carbonyl (C=O) groups is 4. The lowest BCUT2D eigenvalue weighted by atomic mass is 9.73. The molecule has 0 N–H and O–H groups in total. The van der Waals surface area contributed by atoms with Crippen LogP contribution in [0.4, 0.5) is 4.79 Å². The smallest absolute Gasteiger partial charge is 0.411 e. The van der Waals surface area contributed by atoms with Crippen LogP contribution in [0.2, 0.25) is 0 Å². The van der Waals surface area contributed by atoms with Gasteiger partial charge in [0.15, 0.2) is 11.5 Å². The lowest BCUT2D eigenvalue weighted by Crippen LogP contribution is -2.58. The minimum absolute atomic E-state index is 0.126. The van der Waals surface area contributed by atoms with E-state index in [1.54, 1.807) is 12.1 Å². The van der Waals surface area contributed by atoms with Crippen LogP contribution in [0, 0.1) is 5.41 Å². The van der Waals surface area contributed by atoms with E-state index < -0.39 is 54.0 Å². The van der Waals surface area contributed by atoms with Crippen LogP contribution in [0.5, 0.6) is 0 Å². The van der Waals surface area contributed by atoms with Crippen molar-refractivity contribution >= 4 is 24.0 Å². The summed E-state index contributed by atoms with van der Waals surface area (Å²) in [7, 11) is 3.45. The Hall–Kier alpha value is -4.14. The molecule has 0 bridgehead atoms. The first-order valence-corrected chi connectivity index (χ1v) is 11.8. The van der Waals surface area contributed by atoms with Gasteiger partial charge in [0.2, 0.25) is 0 Å². The van der Waals surface area contributed by atoms with Crippen molar-refractivity contribution in [1.82, 2.24) is 4.90 Å². The van der Waals surface area contributed by atoms with Crippen LogP contribution >= 0.6 is 0 Å². The van der Waals surface area contributed by atoms with E-state index in [1.807, 2.05) is 48.5 Å². The van der Waals surface area contributed by atoms with E-state index in [9.17, 15) is 19.2 Å². The molecule has 9 heteroatoms. The van der Waals surface area contributed by atoms with Crippen molar-refractivity contribution in [2.45, 2.75) is 37.5 Å². The van der Waals surface area contributed by atoms with Gasteiger partial charge in [-0.15, -0.1) is 6.58 Å². The Bertz CT molecular complexity index is 1100. The van der Waals surface area contributed by atoms with Gasteiger partial charge >= 0.3 is 24.0 Å². The van der Waals surface area contributed by atoms with Gasteiger partial charge in [-0.25, -0.2) is 4.79 Å². The molecule has 1 saturated heterocycles. The SMILES string of the molecule is C=CCCC(C(=O)OC)(C(=O)OC)[C@H](CC(=O)OC)N1C(=O)O[C@@H](c2ccccc2)[C@H]1c1ccccc1. The molecule has 9 nitrogen and oxygen atoms in total. The number of rotatable bonds is 11. The molecule has 1 aliphatic heterocycles. The molecule has 196 valence electrons. The zero-order valence-electron chi connectivity index (χ0n) is 21.1. The van der Waals surface area contributed by atoms with E-state index in [4.69, 9.17) is 18.9 Å². The van der Waals surface area contributed by atoms with Crippen LogP contribution < -0.4 is 0 Å². The molecule has 1 heterocycles. The van der Waals surface area contributed by atoms with Gasteiger partial charge in [0.25, 0.3) is 0 Å². The molecule has 1 aliphatic rings. The van der Waals surface area contributed by atoms with Gasteiger partial charge < -0.3 is 18.9 Å². The van der Waals surface area contributed by atoms with Crippen LogP contribution in [0.3, 0.4) is 0 Å². The predicted octanol–water partition coefficient (Wildman–Crippen LogP) is 4.15. The number of benzene rings is 2. The van der Waals surface area contributed by atoms with E-state index >= 15 is 0 Å². The number of ether oxygens (including phenoxy) is 4. The van der Waals surface area contributed by atoms with E-state index in [0.29, 0.717) is 11.1 Å². The van der Waals surface area contributed by atoms with Gasteiger partial charge in [-0.1, -0.05) is 66.7 Å². The van der Waals surface area contributed by atoms with E-state index in [2.05, 4.69) is 6.58 Å². The fourth-order valence-corrected chi connectivity index (χ4v) is 4.86. The lowest BCUT2D eigenvalue weighted by molar-refractivity contribution is -0.176. The first kappa shape index (κ1) is 27.4. The monoisotopic (exact) mass is 509 g/mol. The quantitative estimate of drug-likeness (QED) is 0.192. The number of cyclic esters (lactones) is 1. The van der Waals surface area contributed by atoms with Gasteiger partial charge in [-0.2, -0.15) is 0 Å². The molecule has 3 atom stereocenters. The molecule has 0 saturated carbocycles. The summed E-state index contributed by atoms with van der Waals surface area (Å²) in [6.45, 7) is 3.70. The summed E-state index contributed by atoms with van der Waals surface area (Å²) >= 11 is 0. The van der Waals surface area contributed by atoms with Gasteiger partial charge in [-0.3, -0.25) is 19.3 Å². The van der Waals surface area contributed by atoms with Gasteiger partial charge in [0, 0.05) is 0 Å². The predicted molar refractivity (Wildman–Crippen MR) is 133 cm³/mol. The van der Waals surface area contributed by atoms with Crippen molar-refractivity contribution in [3.63, 3.8) is 0 Å². The second kappa shape index (κ2) is 12.2. The summed E-state index contributed by atoms with van der Waals surface area (Å²) in [4.78, 5) is 54.4. The van der Waals surface area contributed by atoms with Crippen molar-refractivity contribution in [1.29, 1.82) is 0 Å². The molecule has 0 aliphatic carbocycles. The topological polar surface area (TPSA) is 108 Å². The number of esters is 3. The molecule has 1 fully saturated rings. The Balaban J connectivity index is 2.29. The highest BCUT2D eigenvalue weighted by Gasteiger charge is 2.61. The van der Waals surface area contributed by atoms with E-state index in [1.165, 1.54) is 18.1 Å². The zero-order chi connectivity index (χ0) is 27.0. The molecule has 0 spiro atoms. The minimum Gasteiger partial charge on any atom is -0.469 e. The molecular formula is C28H31NO8. The Morgan fingerprint density at radius 1 is 0.946 bits per heavy atom. The molecule has 37 heavy (non-hydrogen) atoms. The second-order valence-electron chi connectivity index (χ2n) is 8.56. The third-order valence-electron chi connectivity index (χ3n) is 6.63. The Kier molecular flexibility index (Phi) is 9.05. The van der Waals surface area contributed by atoms with E-state index in [0.717, 1.165) is 14.2 Å². The Morgan fingerprint density at radius 2 is 1.49 bits per heavy atom. The fraction of sp³-hybridized carbons (Fsp3) is 0.357. The van der Waals surface area contributed by atoms with Crippen LogP contribution in [0.1, 0.15) is 42.5 Å². The first-order chi connectivity index (χ1) is 17.8. The summed E-state index contributed by atoms with van der Waals surface area (Å²) in [5.74, 6) is -2.63. The van der Waals surface area contributed by atoms with Crippen molar-refractivity contribution in [2.75, 3.05) is 21.3 Å². The number of nitrogens with zero attached hydrogens (tertiary/aromatic N) is 1. The third kappa shape index (κ3) is 5.35. The summed E-state index contributed by atoms with van der Waals surface area (Å²) in [6.07, 6.45) is -0.477. The van der Waals surface area contributed by atoms with Crippen molar-refractivity contribution < 1.29 is 38.1 Å². The Labute approximate surface area is 215 Å². The highest BCUT2D eigenvalue weighted by atomic mass is 16.6. The maximum atomic E-state index is 13.6. The third-order valence-corrected chi connectivity index (χ3v) is 6.63. The fourth-order valence-electron chi connectivity index (χ4n) is 4.86. The number of hydrogen-bond donors (Lipinski definition) is 0. The first-order valence-electron chi connectivity index (χ1n) is 11.8. The molecule has 0 radical (unpaired) electrons. The maximum Gasteiger partial charge on any atom is 0.411 e. The standard InChI is InChI=1S/C28H31NO8/c1-5-6-17-28(25(31)35-3,26(32)36-4)21(18-22(30)34-2)29-23(19-13-9-7-10-14-19)24(37-27(29)33)20-15-11-8-12-16-20/h5,7-16,21,23-24H,1,6,17-18H2,2-4H3/t21-,23+,24-/m0/s1. The molecule has 2 aromatic carbocycles. The number of hydrogen-bond acceptors (Lipinski definition) is 8. The second-order valence-corrected chi connectivity index (χ2v) is 8.56. The summed E-state index contributed by atoms with van der Waals surface area (Å²) in [5, 5.41) is 0. The molecule has 1 amide bonds. The normalized spacial score (nSPS) is 17.9. The van der Waals surface area contributed by atoms with Crippen LogP contribution in [0.15, 0.2) is 73.3 Å². The zero-order valence-corrected chi connectivity index (χ0v) is 21.1. The number of allylic oxidation sites excluding steroid dienone is 1.